The number of allylic oxidation sites excluding steroid dienone is 2. The molecule has 0 heterocycles. The molecule has 0 atom stereocenters. The normalized spacial score (nSPS) is 9.00. The highest BCUT2D eigenvalue weighted by molar-refractivity contribution is 6.65. The molecule has 0 aromatic rings. The third-order valence-corrected chi connectivity index (χ3v) is 2.52. The van der Waals surface area contributed by atoms with Gasteiger partial charge in [0.25, 0.3) is 0 Å². The largest absolute Gasteiger partial charge is 0.127 e. The van der Waals surface area contributed by atoms with Crippen molar-refractivity contribution in [3.05, 3.63) is 19.0 Å². The first-order chi connectivity index (χ1) is 6.20. The lowest BCUT2D eigenvalue weighted by Gasteiger charge is -1.94. The number of alkyl halides is 2. The van der Waals surface area contributed by atoms with Crippen molar-refractivity contribution >= 4 is 92.8 Å². The van der Waals surface area contributed by atoms with Gasteiger partial charge in [0.15, 0.2) is 0 Å². The van der Waals surface area contributed by atoms with E-state index in [0.29, 0.717) is 0 Å². The van der Waals surface area contributed by atoms with E-state index in [4.69, 9.17) is 92.8 Å². The zero-order valence-electron chi connectivity index (χ0n) is 6.60. The first-order valence-corrected chi connectivity index (χ1v) is 6.04. The summed E-state index contributed by atoms with van der Waals surface area (Å²) in [6.07, 6.45) is 0. The highest BCUT2D eigenvalue weighted by Gasteiger charge is 2.07. The van der Waals surface area contributed by atoms with Crippen LogP contribution in [-0.4, -0.2) is 4.84 Å². The minimum atomic E-state index is -0.222. The minimum absolute atomic E-state index is 0.0648. The van der Waals surface area contributed by atoms with Gasteiger partial charge < -0.3 is 0 Å². The summed E-state index contributed by atoms with van der Waals surface area (Å²) in [5.41, 5.74) is 0. The SMILES string of the molecule is CC(Cl)Cl.ClC(Cl)=C(Cl)C(Cl)=C(Cl)Cl. The monoisotopic (exact) mass is 356 g/mol. The van der Waals surface area contributed by atoms with Gasteiger partial charge in [0.2, 0.25) is 0 Å². The van der Waals surface area contributed by atoms with Gasteiger partial charge >= 0.3 is 0 Å². The maximum atomic E-state index is 5.42. The molecular formula is C6H4Cl8. The Kier molecular flexibility index (Phi) is 13.0. The fourth-order valence-electron chi connectivity index (χ4n) is 0.166. The zero-order chi connectivity index (χ0) is 11.9. The van der Waals surface area contributed by atoms with Gasteiger partial charge in [-0.1, -0.05) is 69.6 Å². The van der Waals surface area contributed by atoms with E-state index < -0.39 is 0 Å². The van der Waals surface area contributed by atoms with E-state index in [2.05, 4.69) is 0 Å². The molecule has 0 saturated carbocycles. The first kappa shape index (κ1) is 18.2. The molecule has 0 aromatic heterocycles. The molecule has 0 saturated heterocycles. The molecule has 0 rings (SSSR count). The summed E-state index contributed by atoms with van der Waals surface area (Å²) in [6.45, 7) is 1.70. The molecule has 14 heavy (non-hydrogen) atoms. The van der Waals surface area contributed by atoms with Crippen molar-refractivity contribution in [2.45, 2.75) is 11.8 Å². The lowest BCUT2D eigenvalue weighted by Crippen LogP contribution is -1.73. The summed E-state index contributed by atoms with van der Waals surface area (Å²) >= 11 is 41.9. The van der Waals surface area contributed by atoms with Crippen molar-refractivity contribution in [3.63, 3.8) is 0 Å². The third-order valence-electron chi connectivity index (χ3n) is 0.525. The number of halogens is 8. The number of rotatable bonds is 1. The topological polar surface area (TPSA) is 0 Å². The smallest absolute Gasteiger partial charge is 0.106 e. The van der Waals surface area contributed by atoms with Crippen molar-refractivity contribution in [1.82, 2.24) is 0 Å². The molecule has 0 spiro atoms. The Bertz CT molecular complexity index is 195. The molecule has 0 aliphatic carbocycles. The van der Waals surface area contributed by atoms with Gasteiger partial charge in [-0.05, 0) is 6.92 Å². The Morgan fingerprint density at radius 2 is 0.857 bits per heavy atom. The second-order valence-electron chi connectivity index (χ2n) is 1.67. The molecule has 0 bridgehead atoms. The van der Waals surface area contributed by atoms with E-state index in [1.165, 1.54) is 0 Å². The van der Waals surface area contributed by atoms with E-state index in [1.54, 1.807) is 6.92 Å². The van der Waals surface area contributed by atoms with Gasteiger partial charge in [-0.25, -0.2) is 0 Å². The summed E-state index contributed by atoms with van der Waals surface area (Å²) < 4.78 is -0.351. The molecule has 0 aromatic carbocycles. The summed E-state index contributed by atoms with van der Waals surface area (Å²) in [5, 5.41) is -0.130. The van der Waals surface area contributed by atoms with Gasteiger partial charge in [0.1, 0.15) is 13.8 Å². The summed E-state index contributed by atoms with van der Waals surface area (Å²) in [6, 6.07) is 0. The van der Waals surface area contributed by atoms with Crippen molar-refractivity contribution < 1.29 is 0 Å². The van der Waals surface area contributed by atoms with Crippen LogP contribution in [0.2, 0.25) is 0 Å². The molecule has 0 radical (unpaired) electrons. The van der Waals surface area contributed by atoms with Crippen molar-refractivity contribution in [3.8, 4) is 0 Å². The zero-order valence-corrected chi connectivity index (χ0v) is 12.6. The maximum Gasteiger partial charge on any atom is 0.127 e. The van der Waals surface area contributed by atoms with E-state index in [0.717, 1.165) is 0 Å². The van der Waals surface area contributed by atoms with Gasteiger partial charge in [-0.3, -0.25) is 0 Å². The minimum Gasteiger partial charge on any atom is -0.106 e. The molecule has 0 amide bonds. The highest BCUT2D eigenvalue weighted by atomic mass is 35.5. The predicted octanol–water partition coefficient (Wildman–Crippen LogP) is 6.57. The molecule has 0 N–H and O–H groups in total. The van der Waals surface area contributed by atoms with Gasteiger partial charge in [-0.15, -0.1) is 23.2 Å². The van der Waals surface area contributed by atoms with Gasteiger partial charge in [0, 0.05) is 0 Å². The molecule has 0 nitrogen and oxygen atoms in total. The maximum absolute atomic E-state index is 5.42. The summed E-state index contributed by atoms with van der Waals surface area (Å²) in [5.74, 6) is 0. The Balaban J connectivity index is 0. The van der Waals surface area contributed by atoms with Gasteiger partial charge in [-0.2, -0.15) is 0 Å². The fourth-order valence-corrected chi connectivity index (χ4v) is 0.926. The third kappa shape index (κ3) is 11.9. The van der Waals surface area contributed by atoms with Crippen LogP contribution in [0.5, 0.6) is 0 Å². The summed E-state index contributed by atoms with van der Waals surface area (Å²) in [4.78, 5) is -0.222. The van der Waals surface area contributed by atoms with Gasteiger partial charge in [0.05, 0.1) is 10.1 Å². The fraction of sp³-hybridized carbons (Fsp3) is 0.333. The summed E-state index contributed by atoms with van der Waals surface area (Å²) in [7, 11) is 0. The van der Waals surface area contributed by atoms with Crippen LogP contribution in [0.15, 0.2) is 19.0 Å². The first-order valence-electron chi connectivity index (χ1n) is 2.90. The predicted molar refractivity (Wildman–Crippen MR) is 70.3 cm³/mol. The van der Waals surface area contributed by atoms with Crippen LogP contribution in [0.25, 0.3) is 0 Å². The molecule has 8 heteroatoms. The molecule has 0 aliphatic heterocycles. The Morgan fingerprint density at radius 3 is 0.929 bits per heavy atom. The molecular weight excluding hydrogens is 356 g/mol. The van der Waals surface area contributed by atoms with Crippen LogP contribution < -0.4 is 0 Å². The lowest BCUT2D eigenvalue weighted by atomic mass is 10.6. The Morgan fingerprint density at radius 1 is 0.714 bits per heavy atom. The van der Waals surface area contributed by atoms with Crippen molar-refractivity contribution in [1.29, 1.82) is 0 Å². The van der Waals surface area contributed by atoms with E-state index in [1.807, 2.05) is 0 Å². The van der Waals surface area contributed by atoms with Crippen LogP contribution >= 0.6 is 92.8 Å². The quantitative estimate of drug-likeness (QED) is 0.367. The lowest BCUT2D eigenvalue weighted by molar-refractivity contribution is 1.39. The van der Waals surface area contributed by atoms with E-state index in [-0.39, 0.29) is 23.9 Å². The average molecular weight is 360 g/mol. The number of hydrogen-bond donors (Lipinski definition) is 0. The van der Waals surface area contributed by atoms with Crippen LogP contribution in [-0.2, 0) is 0 Å². The van der Waals surface area contributed by atoms with Crippen LogP contribution in [0.1, 0.15) is 6.92 Å². The standard InChI is InChI=1S/C4Cl6.C2H4Cl2/c5-1(3(7)8)2(6)4(9)10;1-2(3)4/h;2H,1H3. The van der Waals surface area contributed by atoms with Crippen LogP contribution in [0, 0.1) is 0 Å². The number of hydrogen-bond acceptors (Lipinski definition) is 0. The molecule has 84 valence electrons. The highest BCUT2D eigenvalue weighted by Crippen LogP contribution is 2.32. The molecule has 0 fully saturated rings. The Hall–Kier alpha value is 1.80. The molecule has 0 unspecified atom stereocenters. The van der Waals surface area contributed by atoms with Crippen molar-refractivity contribution in [2.24, 2.45) is 0 Å². The van der Waals surface area contributed by atoms with Crippen LogP contribution in [0.4, 0.5) is 0 Å². The van der Waals surface area contributed by atoms with E-state index >= 15 is 0 Å². The average Bonchev–Trinajstić information content (AvgIpc) is 2.00. The van der Waals surface area contributed by atoms with Crippen molar-refractivity contribution in [2.75, 3.05) is 0 Å². The Labute approximate surface area is 123 Å². The van der Waals surface area contributed by atoms with Crippen LogP contribution in [0.3, 0.4) is 0 Å². The second kappa shape index (κ2) is 9.99. The molecule has 0 aliphatic rings. The van der Waals surface area contributed by atoms with E-state index in [9.17, 15) is 0 Å². The second-order valence-corrected chi connectivity index (χ2v) is 5.86.